The van der Waals surface area contributed by atoms with E-state index in [9.17, 15) is 9.59 Å². The van der Waals surface area contributed by atoms with Gasteiger partial charge in [0.1, 0.15) is 18.6 Å². The van der Waals surface area contributed by atoms with Crippen molar-refractivity contribution in [3.05, 3.63) is 12.7 Å². The van der Waals surface area contributed by atoms with Gasteiger partial charge in [0.15, 0.2) is 0 Å². The van der Waals surface area contributed by atoms with Crippen molar-refractivity contribution >= 4 is 11.9 Å². The van der Waals surface area contributed by atoms with E-state index in [4.69, 9.17) is 10.00 Å². The van der Waals surface area contributed by atoms with Crippen LogP contribution in [0.4, 0.5) is 0 Å². The molecule has 5 heteroatoms. The van der Waals surface area contributed by atoms with Crippen molar-refractivity contribution in [2.24, 2.45) is 5.92 Å². The van der Waals surface area contributed by atoms with E-state index < -0.39 is 24.0 Å². The molecule has 2 atom stereocenters. The summed E-state index contributed by atoms with van der Waals surface area (Å²) in [6.45, 7) is 3.24. The Morgan fingerprint density at radius 2 is 2.50 bits per heavy atom. The van der Waals surface area contributed by atoms with Crippen molar-refractivity contribution in [1.82, 2.24) is 0 Å². The van der Waals surface area contributed by atoms with Crippen LogP contribution in [0.25, 0.3) is 0 Å². The molecule has 74 valence electrons. The number of cyclic esters (lactones) is 1. The molecule has 0 spiro atoms. The second-order valence-corrected chi connectivity index (χ2v) is 2.81. The molecule has 1 rings (SSSR count). The topological polar surface area (TPSA) is 76.4 Å². The van der Waals surface area contributed by atoms with Crippen LogP contribution in [-0.2, 0) is 19.1 Å². The van der Waals surface area contributed by atoms with E-state index in [1.165, 1.54) is 0 Å². The zero-order valence-corrected chi connectivity index (χ0v) is 7.43. The molecule has 0 radical (unpaired) electrons. The Morgan fingerprint density at radius 3 is 3.07 bits per heavy atom. The average molecular weight is 195 g/mol. The van der Waals surface area contributed by atoms with E-state index in [0.717, 1.165) is 6.08 Å². The van der Waals surface area contributed by atoms with E-state index in [1.54, 1.807) is 6.07 Å². The van der Waals surface area contributed by atoms with Crippen molar-refractivity contribution in [1.29, 1.82) is 5.26 Å². The van der Waals surface area contributed by atoms with Gasteiger partial charge >= 0.3 is 11.9 Å². The van der Waals surface area contributed by atoms with Gasteiger partial charge in [0.25, 0.3) is 0 Å². The number of carbonyl (C=O) groups is 2. The molecule has 0 N–H and O–H groups in total. The third kappa shape index (κ3) is 2.33. The summed E-state index contributed by atoms with van der Waals surface area (Å²) >= 11 is 0. The average Bonchev–Trinajstić information content (AvgIpc) is 2.20. The van der Waals surface area contributed by atoms with Crippen LogP contribution in [0.15, 0.2) is 12.7 Å². The van der Waals surface area contributed by atoms with Gasteiger partial charge in [-0.2, -0.15) is 5.26 Å². The molecule has 0 bridgehead atoms. The Morgan fingerprint density at radius 1 is 1.79 bits per heavy atom. The summed E-state index contributed by atoms with van der Waals surface area (Å²) < 4.78 is 9.50. The van der Waals surface area contributed by atoms with Crippen LogP contribution in [-0.4, -0.2) is 24.6 Å². The molecular formula is C9H9NO4. The fourth-order valence-electron chi connectivity index (χ4n) is 1.10. The summed E-state index contributed by atoms with van der Waals surface area (Å²) in [4.78, 5) is 21.7. The number of esters is 2. The molecule has 0 aromatic carbocycles. The maximum Gasteiger partial charge on any atom is 0.330 e. The van der Waals surface area contributed by atoms with Crippen LogP contribution in [0.2, 0.25) is 0 Å². The lowest BCUT2D eigenvalue weighted by Gasteiger charge is -2.23. The molecule has 1 saturated heterocycles. The number of rotatable bonds is 2. The first-order valence-electron chi connectivity index (χ1n) is 4.06. The van der Waals surface area contributed by atoms with Gasteiger partial charge in [-0.1, -0.05) is 6.58 Å². The number of hydrogen-bond acceptors (Lipinski definition) is 5. The highest BCUT2D eigenvalue weighted by Gasteiger charge is 2.32. The quantitative estimate of drug-likeness (QED) is 0.463. The highest BCUT2D eigenvalue weighted by atomic mass is 16.6. The van der Waals surface area contributed by atoms with Crippen LogP contribution in [0.1, 0.15) is 6.42 Å². The fourth-order valence-corrected chi connectivity index (χ4v) is 1.10. The fraction of sp³-hybridized carbons (Fsp3) is 0.444. The van der Waals surface area contributed by atoms with E-state index in [1.807, 2.05) is 0 Å². The highest BCUT2D eigenvalue weighted by molar-refractivity contribution is 5.81. The van der Waals surface area contributed by atoms with Gasteiger partial charge in [-0.3, -0.25) is 4.79 Å². The molecule has 0 aromatic heterocycles. The number of nitrogens with zero attached hydrogens (tertiary/aromatic N) is 1. The Kier molecular flexibility index (Phi) is 3.24. The van der Waals surface area contributed by atoms with Gasteiger partial charge < -0.3 is 9.47 Å². The molecule has 0 aliphatic carbocycles. The standard InChI is InChI=1S/C9H9NO4/c1-2-8(11)14-7-3-6(4-10)9(12)13-5-7/h2,6-7H,1,3,5H2. The van der Waals surface area contributed by atoms with Gasteiger partial charge in [-0.25, -0.2) is 4.79 Å². The highest BCUT2D eigenvalue weighted by Crippen LogP contribution is 2.17. The Labute approximate surface area is 80.9 Å². The minimum Gasteiger partial charge on any atom is -0.461 e. The minimum atomic E-state index is -0.841. The zero-order chi connectivity index (χ0) is 10.6. The van der Waals surface area contributed by atoms with Crippen LogP contribution in [0, 0.1) is 17.2 Å². The maximum absolute atomic E-state index is 10.9. The third-order valence-electron chi connectivity index (χ3n) is 1.80. The number of ether oxygens (including phenoxy) is 2. The lowest BCUT2D eigenvalue weighted by atomic mass is 10.0. The van der Waals surface area contributed by atoms with Gasteiger partial charge in [-0.05, 0) is 0 Å². The van der Waals surface area contributed by atoms with Crippen molar-refractivity contribution in [2.45, 2.75) is 12.5 Å². The predicted octanol–water partition coefficient (Wildman–Crippen LogP) is 0.171. The lowest BCUT2D eigenvalue weighted by Crippen LogP contribution is -2.35. The van der Waals surface area contributed by atoms with Gasteiger partial charge in [0.2, 0.25) is 0 Å². The van der Waals surface area contributed by atoms with Crippen molar-refractivity contribution < 1.29 is 19.1 Å². The van der Waals surface area contributed by atoms with Crippen LogP contribution >= 0.6 is 0 Å². The van der Waals surface area contributed by atoms with Gasteiger partial charge in [-0.15, -0.1) is 0 Å². The molecule has 14 heavy (non-hydrogen) atoms. The summed E-state index contributed by atoms with van der Waals surface area (Å²) in [6.07, 6.45) is 0.676. The predicted molar refractivity (Wildman–Crippen MR) is 44.8 cm³/mol. The Bertz CT molecular complexity index is 304. The molecule has 1 fully saturated rings. The summed E-state index contributed by atoms with van der Waals surface area (Å²) in [7, 11) is 0. The molecule has 2 unspecified atom stereocenters. The lowest BCUT2D eigenvalue weighted by molar-refractivity contribution is -0.166. The second-order valence-electron chi connectivity index (χ2n) is 2.81. The van der Waals surface area contributed by atoms with E-state index in [2.05, 4.69) is 11.3 Å². The number of hydrogen-bond donors (Lipinski definition) is 0. The summed E-state index contributed by atoms with van der Waals surface area (Å²) in [5, 5.41) is 8.56. The van der Waals surface area contributed by atoms with Crippen molar-refractivity contribution in [2.75, 3.05) is 6.61 Å². The smallest absolute Gasteiger partial charge is 0.330 e. The normalized spacial score (nSPS) is 25.8. The van der Waals surface area contributed by atoms with Crippen LogP contribution in [0.3, 0.4) is 0 Å². The first kappa shape index (κ1) is 10.3. The third-order valence-corrected chi connectivity index (χ3v) is 1.80. The van der Waals surface area contributed by atoms with Crippen LogP contribution in [0.5, 0.6) is 0 Å². The summed E-state index contributed by atoms with van der Waals surface area (Å²) in [5.74, 6) is -1.98. The SMILES string of the molecule is C=CC(=O)OC1COC(=O)C(C#N)C1. The largest absolute Gasteiger partial charge is 0.461 e. The molecule has 0 saturated carbocycles. The molecule has 1 aliphatic heterocycles. The Hall–Kier alpha value is -1.83. The van der Waals surface area contributed by atoms with Crippen LogP contribution < -0.4 is 0 Å². The minimum absolute atomic E-state index is 0.0105. The number of nitriles is 1. The van der Waals surface area contributed by atoms with E-state index >= 15 is 0 Å². The molecular weight excluding hydrogens is 186 g/mol. The molecule has 1 aliphatic rings. The first-order chi connectivity index (χ1) is 6.67. The summed E-state index contributed by atoms with van der Waals surface area (Å²) in [6, 6.07) is 1.78. The van der Waals surface area contributed by atoms with Gasteiger partial charge in [0, 0.05) is 12.5 Å². The summed E-state index contributed by atoms with van der Waals surface area (Å²) in [5.41, 5.74) is 0. The first-order valence-corrected chi connectivity index (χ1v) is 4.06. The molecule has 0 amide bonds. The number of carbonyl (C=O) groups excluding carboxylic acids is 2. The van der Waals surface area contributed by atoms with Crippen molar-refractivity contribution in [3.63, 3.8) is 0 Å². The van der Waals surface area contributed by atoms with E-state index in [0.29, 0.717) is 0 Å². The monoisotopic (exact) mass is 195 g/mol. The van der Waals surface area contributed by atoms with E-state index in [-0.39, 0.29) is 13.0 Å². The molecule has 5 nitrogen and oxygen atoms in total. The van der Waals surface area contributed by atoms with Crippen molar-refractivity contribution in [3.8, 4) is 6.07 Å². The molecule has 0 aromatic rings. The van der Waals surface area contributed by atoms with Gasteiger partial charge in [0.05, 0.1) is 6.07 Å². The second kappa shape index (κ2) is 4.42. The Balaban J connectivity index is 2.51. The molecule has 1 heterocycles. The maximum atomic E-state index is 10.9. The zero-order valence-electron chi connectivity index (χ0n) is 7.43.